The zero-order chi connectivity index (χ0) is 15.5. The first-order chi connectivity index (χ1) is 9.94. The number of aliphatic hydroxyl groups excluding tert-OH is 1. The summed E-state index contributed by atoms with van der Waals surface area (Å²) in [6, 6.07) is 11.1. The molecule has 0 radical (unpaired) electrons. The van der Waals surface area contributed by atoms with E-state index < -0.39 is 18.3 Å². The Labute approximate surface area is 118 Å². The third-order valence-corrected chi connectivity index (χ3v) is 2.72. The van der Waals surface area contributed by atoms with E-state index in [1.165, 1.54) is 30.3 Å². The first-order valence-corrected chi connectivity index (χ1v) is 5.93. The van der Waals surface area contributed by atoms with E-state index in [1.54, 1.807) is 0 Å². The van der Waals surface area contributed by atoms with Crippen molar-refractivity contribution in [1.82, 2.24) is 0 Å². The number of alkyl halides is 3. The van der Waals surface area contributed by atoms with Gasteiger partial charge in [-0.1, -0.05) is 12.1 Å². The van der Waals surface area contributed by atoms with E-state index >= 15 is 0 Å². The second-order valence-corrected chi connectivity index (χ2v) is 4.23. The van der Waals surface area contributed by atoms with Gasteiger partial charge >= 0.3 is 6.18 Å². The number of halogens is 3. The molecular weight excluding hydrogens is 283 g/mol. The van der Waals surface area contributed by atoms with E-state index in [1.807, 2.05) is 6.07 Å². The molecule has 2 rings (SSSR count). The Morgan fingerprint density at radius 2 is 1.90 bits per heavy atom. The molecule has 108 valence electrons. The summed E-state index contributed by atoms with van der Waals surface area (Å²) in [6.07, 6.45) is -4.60. The van der Waals surface area contributed by atoms with Crippen LogP contribution in [-0.4, -0.2) is 5.11 Å². The van der Waals surface area contributed by atoms with E-state index in [2.05, 4.69) is 0 Å². The summed E-state index contributed by atoms with van der Waals surface area (Å²) in [5.41, 5.74) is -0.551. The van der Waals surface area contributed by atoms with Crippen LogP contribution in [0, 0.1) is 11.3 Å². The maximum atomic E-state index is 13.0. The molecule has 0 heterocycles. The number of hydrogen-bond donors (Lipinski definition) is 1. The van der Waals surface area contributed by atoms with Crippen molar-refractivity contribution in [2.45, 2.75) is 12.8 Å². The molecule has 2 aromatic carbocycles. The highest BCUT2D eigenvalue weighted by molar-refractivity contribution is 5.44. The molecule has 0 saturated carbocycles. The fourth-order valence-corrected chi connectivity index (χ4v) is 1.74. The van der Waals surface area contributed by atoms with Gasteiger partial charge in [-0.3, -0.25) is 0 Å². The summed E-state index contributed by atoms with van der Waals surface area (Å²) < 4.78 is 44.2. The average Bonchev–Trinajstić information content (AvgIpc) is 2.46. The molecule has 0 aliphatic carbocycles. The number of benzene rings is 2. The lowest BCUT2D eigenvalue weighted by atomic mass is 10.1. The summed E-state index contributed by atoms with van der Waals surface area (Å²) in [5, 5.41) is 17.7. The summed E-state index contributed by atoms with van der Waals surface area (Å²) in [6.45, 7) is -0.493. The minimum absolute atomic E-state index is 0.135. The molecule has 2 aromatic rings. The molecule has 0 aromatic heterocycles. The van der Waals surface area contributed by atoms with Crippen LogP contribution in [0.3, 0.4) is 0 Å². The van der Waals surface area contributed by atoms with Crippen molar-refractivity contribution in [3.05, 3.63) is 59.2 Å². The number of aliphatic hydroxyl groups is 1. The maximum Gasteiger partial charge on any atom is 0.419 e. The van der Waals surface area contributed by atoms with Crippen LogP contribution in [0.15, 0.2) is 42.5 Å². The van der Waals surface area contributed by atoms with Crippen molar-refractivity contribution >= 4 is 0 Å². The van der Waals surface area contributed by atoms with Crippen molar-refractivity contribution in [1.29, 1.82) is 5.26 Å². The van der Waals surface area contributed by atoms with Gasteiger partial charge in [0.15, 0.2) is 0 Å². The van der Waals surface area contributed by atoms with E-state index in [4.69, 9.17) is 15.1 Å². The highest BCUT2D eigenvalue weighted by Crippen LogP contribution is 2.38. The van der Waals surface area contributed by atoms with Crippen LogP contribution < -0.4 is 4.74 Å². The Balaban J connectivity index is 2.41. The number of ether oxygens (including phenoxy) is 1. The largest absolute Gasteiger partial charge is 0.457 e. The number of nitriles is 1. The Morgan fingerprint density at radius 3 is 2.52 bits per heavy atom. The molecule has 3 nitrogen and oxygen atoms in total. The van der Waals surface area contributed by atoms with Gasteiger partial charge in [0.25, 0.3) is 0 Å². The van der Waals surface area contributed by atoms with Gasteiger partial charge in [0, 0.05) is 0 Å². The monoisotopic (exact) mass is 293 g/mol. The molecular formula is C15H10F3NO2. The average molecular weight is 293 g/mol. The van der Waals surface area contributed by atoms with Crippen molar-refractivity contribution in [3.63, 3.8) is 0 Å². The van der Waals surface area contributed by atoms with E-state index in [-0.39, 0.29) is 22.6 Å². The summed E-state index contributed by atoms with van der Waals surface area (Å²) in [7, 11) is 0. The van der Waals surface area contributed by atoms with Crippen LogP contribution in [-0.2, 0) is 12.8 Å². The molecule has 0 atom stereocenters. The summed E-state index contributed by atoms with van der Waals surface area (Å²) in [4.78, 5) is 0. The summed E-state index contributed by atoms with van der Waals surface area (Å²) >= 11 is 0. The first-order valence-electron chi connectivity index (χ1n) is 5.93. The molecule has 0 amide bonds. The SMILES string of the molecule is N#Cc1cccc(Oc2ccc(CO)cc2C(F)(F)F)c1. The van der Waals surface area contributed by atoms with Gasteiger partial charge in [0.05, 0.1) is 23.8 Å². The Kier molecular flexibility index (Phi) is 4.15. The lowest BCUT2D eigenvalue weighted by Gasteiger charge is -2.14. The van der Waals surface area contributed by atoms with Gasteiger partial charge in [0.1, 0.15) is 11.5 Å². The lowest BCUT2D eigenvalue weighted by Crippen LogP contribution is -2.08. The molecule has 0 saturated heterocycles. The lowest BCUT2D eigenvalue weighted by molar-refractivity contribution is -0.138. The predicted octanol–water partition coefficient (Wildman–Crippen LogP) is 3.86. The Morgan fingerprint density at radius 1 is 1.14 bits per heavy atom. The van der Waals surface area contributed by atoms with Crippen LogP contribution >= 0.6 is 0 Å². The third-order valence-electron chi connectivity index (χ3n) is 2.72. The van der Waals surface area contributed by atoms with E-state index in [0.29, 0.717) is 0 Å². The number of hydrogen-bond acceptors (Lipinski definition) is 3. The molecule has 0 spiro atoms. The molecule has 6 heteroatoms. The molecule has 0 unspecified atom stereocenters. The van der Waals surface area contributed by atoms with Gasteiger partial charge in [-0.15, -0.1) is 0 Å². The molecule has 0 aliphatic rings. The van der Waals surface area contributed by atoms with Crippen molar-refractivity contribution < 1.29 is 23.0 Å². The minimum atomic E-state index is -4.60. The fraction of sp³-hybridized carbons (Fsp3) is 0.133. The molecule has 21 heavy (non-hydrogen) atoms. The van der Waals surface area contributed by atoms with Crippen molar-refractivity contribution in [2.24, 2.45) is 0 Å². The highest BCUT2D eigenvalue weighted by Gasteiger charge is 2.34. The second-order valence-electron chi connectivity index (χ2n) is 4.23. The first kappa shape index (κ1) is 14.9. The predicted molar refractivity (Wildman–Crippen MR) is 68.6 cm³/mol. The zero-order valence-corrected chi connectivity index (χ0v) is 10.7. The highest BCUT2D eigenvalue weighted by atomic mass is 19.4. The molecule has 0 fully saturated rings. The van der Waals surface area contributed by atoms with Crippen LogP contribution in [0.5, 0.6) is 11.5 Å². The number of rotatable bonds is 3. The molecule has 0 aliphatic heterocycles. The normalized spacial score (nSPS) is 11.0. The second kappa shape index (κ2) is 5.85. The van der Waals surface area contributed by atoms with Crippen molar-refractivity contribution in [2.75, 3.05) is 0 Å². The van der Waals surface area contributed by atoms with E-state index in [9.17, 15) is 13.2 Å². The van der Waals surface area contributed by atoms with E-state index in [0.717, 1.165) is 12.1 Å². The van der Waals surface area contributed by atoms with Crippen LogP contribution in [0.1, 0.15) is 16.7 Å². The smallest absolute Gasteiger partial charge is 0.419 e. The zero-order valence-electron chi connectivity index (χ0n) is 10.7. The maximum absolute atomic E-state index is 13.0. The number of nitrogens with zero attached hydrogens (tertiary/aromatic N) is 1. The van der Waals surface area contributed by atoms with Gasteiger partial charge in [-0.25, -0.2) is 0 Å². The third kappa shape index (κ3) is 3.52. The van der Waals surface area contributed by atoms with Crippen LogP contribution in [0.2, 0.25) is 0 Å². The minimum Gasteiger partial charge on any atom is -0.457 e. The fourth-order valence-electron chi connectivity index (χ4n) is 1.74. The summed E-state index contributed by atoms with van der Waals surface area (Å²) in [5.74, 6) is -0.244. The molecule has 0 bridgehead atoms. The van der Waals surface area contributed by atoms with Gasteiger partial charge in [-0.2, -0.15) is 18.4 Å². The van der Waals surface area contributed by atoms with Gasteiger partial charge in [-0.05, 0) is 35.9 Å². The quantitative estimate of drug-likeness (QED) is 0.934. The molecule has 1 N–H and O–H groups in total. The standard InChI is InChI=1S/C15H10F3NO2/c16-15(17,18)13-7-11(9-20)4-5-14(13)21-12-3-1-2-10(6-12)8-19/h1-7,20H,9H2. The van der Waals surface area contributed by atoms with Gasteiger partial charge in [0.2, 0.25) is 0 Å². The van der Waals surface area contributed by atoms with Crippen LogP contribution in [0.25, 0.3) is 0 Å². The Bertz CT molecular complexity index is 690. The van der Waals surface area contributed by atoms with Crippen molar-refractivity contribution in [3.8, 4) is 17.6 Å². The van der Waals surface area contributed by atoms with Crippen LogP contribution in [0.4, 0.5) is 13.2 Å². The topological polar surface area (TPSA) is 53.2 Å². The van der Waals surface area contributed by atoms with Gasteiger partial charge < -0.3 is 9.84 Å². The Hall–Kier alpha value is -2.52.